The highest BCUT2D eigenvalue weighted by molar-refractivity contribution is 6.01. The molecule has 0 heterocycles. The van der Waals surface area contributed by atoms with Gasteiger partial charge in [-0.1, -0.05) is 12.1 Å². The molecule has 0 aliphatic carbocycles. The summed E-state index contributed by atoms with van der Waals surface area (Å²) in [6, 6.07) is 8.33. The first-order valence-electron chi connectivity index (χ1n) is 6.03. The molecular weight excluding hydrogens is 280 g/mol. The van der Waals surface area contributed by atoms with Crippen LogP contribution in [0, 0.1) is 11.6 Å². The molecule has 0 atom stereocenters. The molecule has 0 saturated heterocycles. The molecule has 6 heteroatoms. The summed E-state index contributed by atoms with van der Waals surface area (Å²) in [6.45, 7) is 0. The number of aromatic carboxylic acids is 1. The smallest absolute Gasteiger partial charge is 0.337 e. The Bertz CT molecular complexity index is 684. The van der Waals surface area contributed by atoms with Crippen LogP contribution >= 0.6 is 0 Å². The molecule has 0 radical (unpaired) electrons. The standard InChI is InChI=1S/C15H11F2NO3/c16-10-3-1-9(2-4-10)7-14(19)18-13-8-11(17)5-6-12(13)15(20)21/h1-6,8H,7H2,(H,18,19)(H,20,21). The van der Waals surface area contributed by atoms with Crippen molar-refractivity contribution in [3.05, 3.63) is 65.2 Å². The lowest BCUT2D eigenvalue weighted by Gasteiger charge is -2.08. The minimum Gasteiger partial charge on any atom is -0.478 e. The van der Waals surface area contributed by atoms with E-state index >= 15 is 0 Å². The van der Waals surface area contributed by atoms with Gasteiger partial charge in [0.25, 0.3) is 0 Å². The van der Waals surface area contributed by atoms with Gasteiger partial charge in [0.1, 0.15) is 11.6 Å². The van der Waals surface area contributed by atoms with Gasteiger partial charge in [-0.05, 0) is 35.9 Å². The van der Waals surface area contributed by atoms with Gasteiger partial charge in [-0.15, -0.1) is 0 Å². The molecule has 0 unspecified atom stereocenters. The van der Waals surface area contributed by atoms with Gasteiger partial charge < -0.3 is 10.4 Å². The highest BCUT2D eigenvalue weighted by atomic mass is 19.1. The molecule has 0 fully saturated rings. The third-order valence-corrected chi connectivity index (χ3v) is 2.76. The molecule has 0 saturated carbocycles. The van der Waals surface area contributed by atoms with E-state index < -0.39 is 23.5 Å². The van der Waals surface area contributed by atoms with Crippen molar-refractivity contribution in [1.82, 2.24) is 0 Å². The molecule has 21 heavy (non-hydrogen) atoms. The van der Waals surface area contributed by atoms with Crippen molar-refractivity contribution in [2.75, 3.05) is 5.32 Å². The Morgan fingerprint density at radius 1 is 1.00 bits per heavy atom. The Hall–Kier alpha value is -2.76. The Morgan fingerprint density at radius 2 is 1.62 bits per heavy atom. The van der Waals surface area contributed by atoms with Gasteiger partial charge in [0, 0.05) is 0 Å². The van der Waals surface area contributed by atoms with E-state index in [1.165, 1.54) is 24.3 Å². The molecule has 0 bridgehead atoms. The third kappa shape index (κ3) is 3.85. The van der Waals surface area contributed by atoms with Gasteiger partial charge >= 0.3 is 5.97 Å². The van der Waals surface area contributed by atoms with Crippen molar-refractivity contribution < 1.29 is 23.5 Å². The van der Waals surface area contributed by atoms with E-state index in [-0.39, 0.29) is 17.7 Å². The summed E-state index contributed by atoms with van der Waals surface area (Å²) in [7, 11) is 0. The lowest BCUT2D eigenvalue weighted by Crippen LogP contribution is -2.17. The number of hydrogen-bond donors (Lipinski definition) is 2. The number of carboxylic acids is 1. The Balaban J connectivity index is 2.14. The summed E-state index contributed by atoms with van der Waals surface area (Å²) in [5.74, 6) is -2.86. The van der Waals surface area contributed by atoms with E-state index in [4.69, 9.17) is 5.11 Å². The average Bonchev–Trinajstić information content (AvgIpc) is 2.41. The average molecular weight is 291 g/mol. The Labute approximate surface area is 119 Å². The van der Waals surface area contributed by atoms with Gasteiger partial charge in [-0.3, -0.25) is 4.79 Å². The molecular formula is C15H11F2NO3. The van der Waals surface area contributed by atoms with E-state index in [0.29, 0.717) is 5.56 Å². The number of carbonyl (C=O) groups is 2. The molecule has 0 spiro atoms. The van der Waals surface area contributed by atoms with E-state index in [0.717, 1.165) is 18.2 Å². The van der Waals surface area contributed by atoms with Crippen molar-refractivity contribution >= 4 is 17.6 Å². The zero-order valence-corrected chi connectivity index (χ0v) is 10.8. The van der Waals surface area contributed by atoms with Gasteiger partial charge in [-0.25, -0.2) is 13.6 Å². The number of anilines is 1. The monoisotopic (exact) mass is 291 g/mol. The largest absolute Gasteiger partial charge is 0.478 e. The molecule has 108 valence electrons. The van der Waals surface area contributed by atoms with Crippen molar-refractivity contribution in [3.8, 4) is 0 Å². The predicted octanol–water partition coefficient (Wildman–Crippen LogP) is 2.84. The first-order valence-corrected chi connectivity index (χ1v) is 6.03. The van der Waals surface area contributed by atoms with Crippen LogP contribution < -0.4 is 5.32 Å². The Morgan fingerprint density at radius 3 is 2.24 bits per heavy atom. The van der Waals surface area contributed by atoms with Crippen LogP contribution in [0.1, 0.15) is 15.9 Å². The quantitative estimate of drug-likeness (QED) is 0.910. The van der Waals surface area contributed by atoms with Gasteiger partial charge in [0.15, 0.2) is 0 Å². The topological polar surface area (TPSA) is 66.4 Å². The summed E-state index contributed by atoms with van der Waals surface area (Å²) in [5, 5.41) is 11.3. The molecule has 2 rings (SSSR count). The number of carboxylic acid groups (broad SMARTS) is 1. The van der Waals surface area contributed by atoms with E-state index in [9.17, 15) is 18.4 Å². The number of benzene rings is 2. The Kier molecular flexibility index (Phi) is 4.27. The highest BCUT2D eigenvalue weighted by Gasteiger charge is 2.13. The fourth-order valence-electron chi connectivity index (χ4n) is 1.79. The number of amides is 1. The molecule has 0 aliphatic heterocycles. The number of rotatable bonds is 4. The van der Waals surface area contributed by atoms with Crippen LogP contribution in [0.5, 0.6) is 0 Å². The number of halogens is 2. The fraction of sp³-hybridized carbons (Fsp3) is 0.0667. The summed E-state index contributed by atoms with van der Waals surface area (Å²) in [6.07, 6.45) is -0.0736. The number of carbonyl (C=O) groups excluding carboxylic acids is 1. The zero-order valence-electron chi connectivity index (χ0n) is 10.8. The van der Waals surface area contributed by atoms with Gasteiger partial charge in [0.05, 0.1) is 17.7 Å². The number of hydrogen-bond acceptors (Lipinski definition) is 2. The summed E-state index contributed by atoms with van der Waals surface area (Å²) in [5.41, 5.74) is 0.237. The highest BCUT2D eigenvalue weighted by Crippen LogP contribution is 2.18. The van der Waals surface area contributed by atoms with E-state index in [1.54, 1.807) is 0 Å². The SMILES string of the molecule is O=C(Cc1ccc(F)cc1)Nc1cc(F)ccc1C(=O)O. The van der Waals surface area contributed by atoms with Crippen LogP contribution in [0.25, 0.3) is 0 Å². The second-order valence-electron chi connectivity index (χ2n) is 4.35. The molecule has 0 aliphatic rings. The maximum absolute atomic E-state index is 13.1. The maximum Gasteiger partial charge on any atom is 0.337 e. The van der Waals surface area contributed by atoms with Crippen molar-refractivity contribution in [2.45, 2.75) is 6.42 Å². The van der Waals surface area contributed by atoms with Crippen LogP contribution in [0.3, 0.4) is 0 Å². The lowest BCUT2D eigenvalue weighted by molar-refractivity contribution is -0.115. The molecule has 0 aromatic heterocycles. The first-order chi connectivity index (χ1) is 9.95. The van der Waals surface area contributed by atoms with Crippen molar-refractivity contribution in [1.29, 1.82) is 0 Å². The van der Waals surface area contributed by atoms with Crippen LogP contribution in [-0.4, -0.2) is 17.0 Å². The second-order valence-corrected chi connectivity index (χ2v) is 4.35. The van der Waals surface area contributed by atoms with E-state index in [1.807, 2.05) is 0 Å². The molecule has 2 aromatic carbocycles. The summed E-state index contributed by atoms with van der Waals surface area (Å²) < 4.78 is 25.9. The normalized spacial score (nSPS) is 10.2. The van der Waals surface area contributed by atoms with Crippen molar-refractivity contribution in [3.63, 3.8) is 0 Å². The molecule has 4 nitrogen and oxygen atoms in total. The fourth-order valence-corrected chi connectivity index (χ4v) is 1.79. The maximum atomic E-state index is 13.1. The molecule has 1 amide bonds. The minimum absolute atomic E-state index is 0.0736. The molecule has 2 N–H and O–H groups in total. The second kappa shape index (κ2) is 6.13. The predicted molar refractivity (Wildman–Crippen MR) is 72.1 cm³/mol. The van der Waals surface area contributed by atoms with Crippen LogP contribution in [-0.2, 0) is 11.2 Å². The minimum atomic E-state index is -1.27. The number of nitrogens with one attached hydrogen (secondary N) is 1. The van der Waals surface area contributed by atoms with Crippen LogP contribution in [0.2, 0.25) is 0 Å². The first kappa shape index (κ1) is 14.6. The van der Waals surface area contributed by atoms with Gasteiger partial charge in [-0.2, -0.15) is 0 Å². The van der Waals surface area contributed by atoms with Crippen molar-refractivity contribution in [2.24, 2.45) is 0 Å². The molecule has 2 aromatic rings. The van der Waals surface area contributed by atoms with Gasteiger partial charge in [0.2, 0.25) is 5.91 Å². The lowest BCUT2D eigenvalue weighted by atomic mass is 10.1. The summed E-state index contributed by atoms with van der Waals surface area (Å²) in [4.78, 5) is 22.8. The van der Waals surface area contributed by atoms with Crippen LogP contribution in [0.4, 0.5) is 14.5 Å². The van der Waals surface area contributed by atoms with Crippen LogP contribution in [0.15, 0.2) is 42.5 Å². The third-order valence-electron chi connectivity index (χ3n) is 2.76. The summed E-state index contributed by atoms with van der Waals surface area (Å²) >= 11 is 0. The zero-order chi connectivity index (χ0) is 15.4. The van der Waals surface area contributed by atoms with E-state index in [2.05, 4.69) is 5.32 Å².